The third-order valence-corrected chi connectivity index (χ3v) is 2.68. The molecule has 0 saturated heterocycles. The Bertz CT molecular complexity index is 380. The first-order valence-corrected chi connectivity index (χ1v) is 5.28. The average molecular weight is 225 g/mol. The topological polar surface area (TPSA) is 88.8 Å². The van der Waals surface area contributed by atoms with Crippen molar-refractivity contribution in [2.24, 2.45) is 21.5 Å². The summed E-state index contributed by atoms with van der Waals surface area (Å²) in [5.74, 6) is 0.544. The maximum absolute atomic E-state index is 5.59. The molecule has 0 aliphatic carbocycles. The first-order chi connectivity index (χ1) is 7.11. The largest absolute Gasteiger partial charge is 0.370 e. The normalized spacial score (nSPS) is 12.9. The number of hydrogen-bond donors (Lipinski definition) is 3. The summed E-state index contributed by atoms with van der Waals surface area (Å²) in [5.41, 5.74) is 11.0. The van der Waals surface area contributed by atoms with Crippen molar-refractivity contribution in [3.05, 3.63) is 21.9 Å². The van der Waals surface area contributed by atoms with E-state index in [4.69, 9.17) is 11.5 Å². The van der Waals surface area contributed by atoms with Gasteiger partial charge in [0.1, 0.15) is 0 Å². The van der Waals surface area contributed by atoms with Crippen molar-refractivity contribution in [2.75, 3.05) is 7.05 Å². The van der Waals surface area contributed by atoms with Crippen LogP contribution in [0.1, 0.15) is 9.75 Å². The van der Waals surface area contributed by atoms with E-state index in [1.54, 1.807) is 18.4 Å². The smallest absolute Gasteiger partial charge is 0.195 e. The van der Waals surface area contributed by atoms with Crippen LogP contribution in [0.25, 0.3) is 0 Å². The fourth-order valence-corrected chi connectivity index (χ4v) is 1.77. The van der Waals surface area contributed by atoms with E-state index in [0.29, 0.717) is 6.54 Å². The van der Waals surface area contributed by atoms with E-state index in [0.717, 1.165) is 0 Å². The number of hydrogen-bond acceptors (Lipinski definition) is 3. The predicted molar refractivity (Wildman–Crippen MR) is 65.1 cm³/mol. The standard InChI is InChI=1S/C9H15N5S/c1-6-3-4-7(15-6)5-13-9(11)14-8(10)12-2/h3-4H,5H2,1-2H3,(H5,10,11,12,13,14). The maximum Gasteiger partial charge on any atom is 0.195 e. The molecule has 5 nitrogen and oxygen atoms in total. The van der Waals surface area contributed by atoms with Crippen molar-refractivity contribution in [1.29, 1.82) is 0 Å². The SMILES string of the molecule is CN=C(N)NC(N)=NCc1ccc(C)s1. The summed E-state index contributed by atoms with van der Waals surface area (Å²) in [5, 5.41) is 2.67. The fourth-order valence-electron chi connectivity index (χ4n) is 0.960. The molecule has 0 radical (unpaired) electrons. The Morgan fingerprint density at radius 3 is 2.67 bits per heavy atom. The fraction of sp³-hybridized carbons (Fsp3) is 0.333. The second kappa shape index (κ2) is 5.35. The molecular weight excluding hydrogens is 210 g/mol. The van der Waals surface area contributed by atoms with Crippen molar-refractivity contribution >= 4 is 23.3 Å². The van der Waals surface area contributed by atoms with Crippen LogP contribution in [0.3, 0.4) is 0 Å². The van der Waals surface area contributed by atoms with E-state index in [1.165, 1.54) is 9.75 Å². The van der Waals surface area contributed by atoms with Crippen LogP contribution >= 0.6 is 11.3 Å². The molecule has 0 spiro atoms. The second-order valence-corrected chi connectivity index (χ2v) is 4.32. The maximum atomic E-state index is 5.59. The third-order valence-electron chi connectivity index (χ3n) is 1.70. The van der Waals surface area contributed by atoms with Crippen molar-refractivity contribution in [1.82, 2.24) is 5.32 Å². The van der Waals surface area contributed by atoms with Gasteiger partial charge in [-0.1, -0.05) is 0 Å². The minimum absolute atomic E-state index is 0.263. The summed E-state index contributed by atoms with van der Waals surface area (Å²) >= 11 is 1.70. The molecule has 1 rings (SSSR count). The molecule has 0 aliphatic rings. The Kier molecular flexibility index (Phi) is 4.11. The van der Waals surface area contributed by atoms with Gasteiger partial charge >= 0.3 is 0 Å². The first-order valence-electron chi connectivity index (χ1n) is 4.46. The number of aryl methyl sites for hydroxylation is 1. The average Bonchev–Trinajstić information content (AvgIpc) is 2.61. The van der Waals surface area contributed by atoms with E-state index in [-0.39, 0.29) is 11.9 Å². The van der Waals surface area contributed by atoms with Crippen molar-refractivity contribution < 1.29 is 0 Å². The molecule has 0 unspecified atom stereocenters. The van der Waals surface area contributed by atoms with Crippen molar-refractivity contribution in [3.63, 3.8) is 0 Å². The van der Waals surface area contributed by atoms with Gasteiger partial charge in [0.05, 0.1) is 6.54 Å². The summed E-state index contributed by atoms with van der Waals surface area (Å²) in [6.07, 6.45) is 0. The van der Waals surface area contributed by atoms with E-state index >= 15 is 0 Å². The van der Waals surface area contributed by atoms with Gasteiger partial charge in [-0.15, -0.1) is 11.3 Å². The van der Waals surface area contributed by atoms with Crippen LogP contribution in [0.2, 0.25) is 0 Å². The highest BCUT2D eigenvalue weighted by Crippen LogP contribution is 2.15. The van der Waals surface area contributed by atoms with Gasteiger partial charge in [-0.3, -0.25) is 10.3 Å². The molecule has 0 aromatic carbocycles. The Hall–Kier alpha value is -1.56. The lowest BCUT2D eigenvalue weighted by Crippen LogP contribution is -2.41. The highest BCUT2D eigenvalue weighted by molar-refractivity contribution is 7.11. The zero-order valence-electron chi connectivity index (χ0n) is 8.82. The van der Waals surface area contributed by atoms with E-state index < -0.39 is 0 Å². The highest BCUT2D eigenvalue weighted by Gasteiger charge is 1.97. The number of thiophene rings is 1. The van der Waals surface area contributed by atoms with Gasteiger partial charge < -0.3 is 11.5 Å². The Balaban J connectivity index is 2.50. The summed E-state index contributed by atoms with van der Waals surface area (Å²) in [6, 6.07) is 4.09. The van der Waals surface area contributed by atoms with Crippen LogP contribution in [-0.2, 0) is 6.54 Å². The van der Waals surface area contributed by atoms with Crippen molar-refractivity contribution in [3.8, 4) is 0 Å². The highest BCUT2D eigenvalue weighted by atomic mass is 32.1. The van der Waals surface area contributed by atoms with Crippen molar-refractivity contribution in [2.45, 2.75) is 13.5 Å². The van der Waals surface area contributed by atoms with Gasteiger partial charge in [0.15, 0.2) is 11.9 Å². The Morgan fingerprint density at radius 1 is 1.40 bits per heavy atom. The van der Waals surface area contributed by atoms with Crippen LogP contribution < -0.4 is 16.8 Å². The number of nitrogens with zero attached hydrogens (tertiary/aromatic N) is 2. The van der Waals surface area contributed by atoms with E-state index in [9.17, 15) is 0 Å². The molecule has 0 saturated carbocycles. The van der Waals surface area contributed by atoms with Gasteiger partial charge in [0, 0.05) is 16.8 Å². The molecule has 6 heteroatoms. The predicted octanol–water partition coefficient (Wildman–Crippen LogP) is 0.405. The number of aliphatic imine (C=N–C) groups is 2. The number of rotatable bonds is 2. The molecule has 1 heterocycles. The number of nitrogens with one attached hydrogen (secondary N) is 1. The summed E-state index contributed by atoms with van der Waals surface area (Å²) < 4.78 is 0. The Morgan fingerprint density at radius 2 is 2.13 bits per heavy atom. The van der Waals surface area contributed by atoms with Gasteiger partial charge in [-0.2, -0.15) is 0 Å². The molecule has 5 N–H and O–H groups in total. The molecule has 1 aromatic heterocycles. The van der Waals surface area contributed by atoms with Gasteiger partial charge in [0.2, 0.25) is 0 Å². The minimum Gasteiger partial charge on any atom is -0.370 e. The summed E-state index contributed by atoms with van der Waals surface area (Å²) in [6.45, 7) is 2.62. The van der Waals surface area contributed by atoms with Gasteiger partial charge in [0.25, 0.3) is 0 Å². The zero-order valence-corrected chi connectivity index (χ0v) is 9.64. The van der Waals surface area contributed by atoms with Crippen LogP contribution in [0.4, 0.5) is 0 Å². The summed E-state index contributed by atoms with van der Waals surface area (Å²) in [4.78, 5) is 10.3. The molecule has 82 valence electrons. The molecule has 0 amide bonds. The van der Waals surface area contributed by atoms with E-state index in [1.807, 2.05) is 6.07 Å². The van der Waals surface area contributed by atoms with Crippen LogP contribution in [-0.4, -0.2) is 19.0 Å². The molecular formula is C9H15N5S. The quantitative estimate of drug-likeness (QED) is 0.503. The molecule has 1 aromatic rings. The second-order valence-electron chi connectivity index (χ2n) is 2.95. The first kappa shape index (κ1) is 11.5. The summed E-state index contributed by atoms with van der Waals surface area (Å²) in [7, 11) is 1.58. The lowest BCUT2D eigenvalue weighted by Gasteiger charge is -2.02. The number of guanidine groups is 2. The molecule has 0 fully saturated rings. The van der Waals surface area contributed by atoms with E-state index in [2.05, 4.69) is 28.3 Å². The molecule has 0 aliphatic heterocycles. The van der Waals surface area contributed by atoms with Crippen LogP contribution in [0, 0.1) is 6.92 Å². The van der Waals surface area contributed by atoms with Gasteiger partial charge in [-0.25, -0.2) is 4.99 Å². The molecule has 15 heavy (non-hydrogen) atoms. The van der Waals surface area contributed by atoms with Gasteiger partial charge in [-0.05, 0) is 19.1 Å². The van der Waals surface area contributed by atoms with Crippen LogP contribution in [0.15, 0.2) is 22.1 Å². The lowest BCUT2D eigenvalue weighted by molar-refractivity contribution is 1.06. The number of nitrogens with two attached hydrogens (primary N) is 2. The zero-order chi connectivity index (χ0) is 11.3. The lowest BCUT2D eigenvalue weighted by atomic mass is 10.4. The monoisotopic (exact) mass is 225 g/mol. The molecule has 0 atom stereocenters. The van der Waals surface area contributed by atoms with Crippen LogP contribution in [0.5, 0.6) is 0 Å². The molecule has 0 bridgehead atoms. The Labute approximate surface area is 92.9 Å². The minimum atomic E-state index is 0.263. The third kappa shape index (κ3) is 3.99.